The molecule has 0 radical (unpaired) electrons. The molecule has 0 aliphatic heterocycles. The highest BCUT2D eigenvalue weighted by atomic mass is 32.1. The molecule has 0 fully saturated rings. The van der Waals surface area contributed by atoms with Crippen LogP contribution in [0.2, 0.25) is 0 Å². The van der Waals surface area contributed by atoms with Crippen molar-refractivity contribution in [3.63, 3.8) is 0 Å². The van der Waals surface area contributed by atoms with Crippen molar-refractivity contribution in [2.75, 3.05) is 0 Å². The summed E-state index contributed by atoms with van der Waals surface area (Å²) in [5, 5.41) is 0. The normalized spacial score (nSPS) is 10.5. The van der Waals surface area contributed by atoms with Gasteiger partial charge in [-0.25, -0.2) is 0 Å². The molecule has 0 saturated carbocycles. The molecule has 1 unspecified atom stereocenters. The van der Waals surface area contributed by atoms with E-state index in [-0.39, 0.29) is 6.01 Å². The molecular weight excluding hydrogens is 147 g/mol. The molecule has 0 aromatic carbocycles. The van der Waals surface area contributed by atoms with Crippen molar-refractivity contribution in [2.45, 2.75) is 0 Å². The van der Waals surface area contributed by atoms with Gasteiger partial charge in [0.25, 0.3) is 0 Å². The standard InChI is InChI=1S/C2H3N2O2PS/c5-7-6-2-3-1-8-4-2/h1H,7H2. The zero-order valence-corrected chi connectivity index (χ0v) is 5.75. The lowest BCUT2D eigenvalue weighted by Gasteiger charge is -1.82. The minimum atomic E-state index is -1.22. The third-order valence-corrected chi connectivity index (χ3v) is 1.26. The van der Waals surface area contributed by atoms with E-state index in [1.807, 2.05) is 0 Å². The number of hydrogen-bond donors (Lipinski definition) is 0. The van der Waals surface area contributed by atoms with E-state index < -0.39 is 8.69 Å². The van der Waals surface area contributed by atoms with Crippen LogP contribution in [0.5, 0.6) is 6.01 Å². The van der Waals surface area contributed by atoms with Gasteiger partial charge in [-0.1, -0.05) is 0 Å². The van der Waals surface area contributed by atoms with Gasteiger partial charge >= 0.3 is 6.01 Å². The first kappa shape index (κ1) is 5.72. The molecule has 1 aromatic rings. The summed E-state index contributed by atoms with van der Waals surface area (Å²) < 4.78 is 17.9. The summed E-state index contributed by atoms with van der Waals surface area (Å²) in [5.74, 6) is 0. The van der Waals surface area contributed by atoms with Gasteiger partial charge in [0, 0.05) is 0 Å². The Morgan fingerprint density at radius 3 is 3.25 bits per heavy atom. The van der Waals surface area contributed by atoms with E-state index in [0.717, 1.165) is 0 Å². The molecule has 0 N–H and O–H groups in total. The van der Waals surface area contributed by atoms with Gasteiger partial charge in [-0.3, -0.25) is 4.57 Å². The molecule has 1 heterocycles. The Kier molecular flexibility index (Phi) is 2.00. The number of rotatable bonds is 2. The van der Waals surface area contributed by atoms with Crippen molar-refractivity contribution in [1.29, 1.82) is 0 Å². The van der Waals surface area contributed by atoms with Crippen molar-refractivity contribution >= 4 is 20.2 Å². The fourth-order valence-electron chi connectivity index (χ4n) is 0.256. The molecule has 1 atom stereocenters. The second-order valence-corrected chi connectivity index (χ2v) is 1.96. The lowest BCUT2D eigenvalue weighted by Crippen LogP contribution is -1.73. The van der Waals surface area contributed by atoms with Crippen LogP contribution in [-0.4, -0.2) is 9.36 Å². The van der Waals surface area contributed by atoms with Crippen molar-refractivity contribution in [3.05, 3.63) is 5.51 Å². The minimum Gasteiger partial charge on any atom is -0.414 e. The van der Waals surface area contributed by atoms with Crippen molar-refractivity contribution in [2.24, 2.45) is 0 Å². The Labute approximate surface area is 51.0 Å². The maximum absolute atomic E-state index is 9.78. The zero-order chi connectivity index (χ0) is 5.82. The van der Waals surface area contributed by atoms with Crippen LogP contribution in [0.4, 0.5) is 0 Å². The van der Waals surface area contributed by atoms with Gasteiger partial charge in [0.2, 0.25) is 8.69 Å². The molecule has 0 aliphatic rings. The lowest BCUT2D eigenvalue weighted by molar-refractivity contribution is 0.507. The van der Waals surface area contributed by atoms with Crippen LogP contribution >= 0.6 is 20.2 Å². The van der Waals surface area contributed by atoms with Crippen LogP contribution in [-0.2, 0) is 4.57 Å². The largest absolute Gasteiger partial charge is 0.414 e. The van der Waals surface area contributed by atoms with Gasteiger partial charge in [0.05, 0.1) is 0 Å². The Morgan fingerprint density at radius 2 is 2.75 bits per heavy atom. The van der Waals surface area contributed by atoms with Crippen LogP contribution in [0.25, 0.3) is 0 Å². The van der Waals surface area contributed by atoms with Crippen molar-refractivity contribution < 1.29 is 9.09 Å². The van der Waals surface area contributed by atoms with Gasteiger partial charge in [0.1, 0.15) is 5.51 Å². The van der Waals surface area contributed by atoms with E-state index in [2.05, 4.69) is 13.9 Å². The molecule has 4 nitrogen and oxygen atoms in total. The Morgan fingerprint density at radius 1 is 1.88 bits per heavy atom. The van der Waals surface area contributed by atoms with E-state index in [1.54, 1.807) is 0 Å². The summed E-state index contributed by atoms with van der Waals surface area (Å²) in [6.45, 7) is 0. The predicted molar refractivity (Wildman–Crippen MR) is 30.9 cm³/mol. The quantitative estimate of drug-likeness (QED) is 0.579. The number of aromatic nitrogens is 2. The molecular formula is C2H3N2O2PS. The summed E-state index contributed by atoms with van der Waals surface area (Å²) in [4.78, 5) is 3.61. The number of nitrogens with zero attached hydrogens (tertiary/aromatic N) is 2. The van der Waals surface area contributed by atoms with Gasteiger partial charge < -0.3 is 4.52 Å². The monoisotopic (exact) mass is 150 g/mol. The first-order valence-corrected chi connectivity index (χ1v) is 3.58. The Hall–Kier alpha value is -0.410. The molecule has 0 saturated heterocycles. The first-order valence-electron chi connectivity index (χ1n) is 1.80. The first-order chi connectivity index (χ1) is 3.93. The molecule has 0 amide bonds. The maximum atomic E-state index is 9.78. The maximum Gasteiger partial charge on any atom is 0.333 e. The Bertz CT molecular complexity index is 165. The minimum absolute atomic E-state index is 0.208. The van der Waals surface area contributed by atoms with E-state index in [0.29, 0.717) is 0 Å². The fourth-order valence-corrected chi connectivity index (χ4v) is 0.897. The fraction of sp³-hybridized carbons (Fsp3) is 0. The molecule has 1 rings (SSSR count). The molecule has 6 heteroatoms. The summed E-state index contributed by atoms with van der Waals surface area (Å²) >= 11 is 1.17. The summed E-state index contributed by atoms with van der Waals surface area (Å²) in [7, 11) is -1.22. The molecule has 1 aromatic heterocycles. The van der Waals surface area contributed by atoms with E-state index in [9.17, 15) is 4.57 Å². The predicted octanol–water partition coefficient (Wildman–Crippen LogP) is 0.588. The van der Waals surface area contributed by atoms with E-state index >= 15 is 0 Å². The van der Waals surface area contributed by atoms with Gasteiger partial charge in [0.15, 0.2) is 0 Å². The van der Waals surface area contributed by atoms with Crippen LogP contribution in [0.3, 0.4) is 0 Å². The van der Waals surface area contributed by atoms with Crippen molar-refractivity contribution in [1.82, 2.24) is 9.36 Å². The van der Waals surface area contributed by atoms with Gasteiger partial charge in [-0.15, -0.1) is 4.37 Å². The van der Waals surface area contributed by atoms with Gasteiger partial charge in [-0.2, -0.15) is 4.98 Å². The van der Waals surface area contributed by atoms with Crippen molar-refractivity contribution in [3.8, 4) is 6.01 Å². The van der Waals surface area contributed by atoms with Gasteiger partial charge in [-0.05, 0) is 11.5 Å². The topological polar surface area (TPSA) is 52.1 Å². The van der Waals surface area contributed by atoms with E-state index in [4.69, 9.17) is 0 Å². The Balaban J connectivity index is 2.62. The van der Waals surface area contributed by atoms with Crippen LogP contribution in [0.15, 0.2) is 5.51 Å². The molecule has 8 heavy (non-hydrogen) atoms. The summed E-state index contributed by atoms with van der Waals surface area (Å²) in [5.41, 5.74) is 1.52. The SMILES string of the molecule is O=[PH2]Oc1ncsn1. The summed E-state index contributed by atoms with van der Waals surface area (Å²) in [6.07, 6.45) is 0. The molecule has 0 aliphatic carbocycles. The third-order valence-electron chi connectivity index (χ3n) is 0.495. The second-order valence-electron chi connectivity index (χ2n) is 0.928. The molecule has 0 bridgehead atoms. The third kappa shape index (κ3) is 1.28. The van der Waals surface area contributed by atoms with E-state index in [1.165, 1.54) is 17.0 Å². The smallest absolute Gasteiger partial charge is 0.333 e. The van der Waals surface area contributed by atoms with Crippen LogP contribution in [0.1, 0.15) is 0 Å². The lowest BCUT2D eigenvalue weighted by atomic mass is 11.2. The highest BCUT2D eigenvalue weighted by Crippen LogP contribution is 2.07. The van der Waals surface area contributed by atoms with Crippen LogP contribution < -0.4 is 4.52 Å². The molecule has 44 valence electrons. The zero-order valence-electron chi connectivity index (χ0n) is 3.77. The average molecular weight is 150 g/mol. The average Bonchev–Trinajstić information content (AvgIpc) is 2.19. The highest BCUT2D eigenvalue weighted by molar-refractivity contribution is 7.17. The number of hydrogen-bond acceptors (Lipinski definition) is 5. The molecule has 0 spiro atoms. The summed E-state index contributed by atoms with van der Waals surface area (Å²) in [6, 6.07) is 0.208. The van der Waals surface area contributed by atoms with Crippen LogP contribution in [0, 0.1) is 0 Å². The second kappa shape index (κ2) is 2.79. The highest BCUT2D eigenvalue weighted by Gasteiger charge is 1.90.